The third kappa shape index (κ3) is 4.38. The molecule has 0 saturated carbocycles. The lowest BCUT2D eigenvalue weighted by Crippen LogP contribution is -2.25. The van der Waals surface area contributed by atoms with Crippen molar-refractivity contribution in [1.29, 1.82) is 0 Å². The van der Waals surface area contributed by atoms with Crippen LogP contribution in [0, 0.1) is 0 Å². The van der Waals surface area contributed by atoms with Crippen molar-refractivity contribution in [3.8, 4) is 10.6 Å². The fraction of sp³-hybridized carbons (Fsp3) is 0.429. The van der Waals surface area contributed by atoms with E-state index < -0.39 is 0 Å². The molecule has 0 aliphatic heterocycles. The van der Waals surface area contributed by atoms with Crippen LogP contribution in [0.2, 0.25) is 0 Å². The number of thiophene rings is 1. The van der Waals surface area contributed by atoms with E-state index in [1.165, 1.54) is 0 Å². The molecular weight excluding hydrogens is 290 g/mol. The van der Waals surface area contributed by atoms with Crippen molar-refractivity contribution >= 4 is 17.2 Å². The number of aromatic nitrogens is 2. The normalized spacial score (nSPS) is 10.8. The minimum absolute atomic E-state index is 0.0201. The van der Waals surface area contributed by atoms with Crippen LogP contribution in [-0.4, -0.2) is 47.2 Å². The maximum Gasteiger partial charge on any atom is 0.255 e. The first-order valence-electron chi connectivity index (χ1n) is 6.76. The number of rotatable bonds is 8. The molecule has 0 aliphatic rings. The van der Waals surface area contributed by atoms with Crippen LogP contribution in [0.4, 0.5) is 0 Å². The topological polar surface area (TPSA) is 76.4 Å². The number of ether oxygens (including phenoxy) is 1. The van der Waals surface area contributed by atoms with Gasteiger partial charge in [0.2, 0.25) is 0 Å². The molecule has 0 atom stereocenters. The molecule has 7 heteroatoms. The van der Waals surface area contributed by atoms with E-state index >= 15 is 0 Å². The number of hydrogen-bond acceptors (Lipinski definition) is 5. The Morgan fingerprint density at radius 2 is 2.38 bits per heavy atom. The number of hydrogen-bond donors (Lipinski definition) is 2. The van der Waals surface area contributed by atoms with Crippen molar-refractivity contribution in [3.63, 3.8) is 0 Å². The highest BCUT2D eigenvalue weighted by atomic mass is 32.1. The first-order chi connectivity index (χ1) is 10.2. The van der Waals surface area contributed by atoms with Gasteiger partial charge in [0.1, 0.15) is 5.69 Å². The smallest absolute Gasteiger partial charge is 0.255 e. The lowest BCUT2D eigenvalue weighted by Gasteiger charge is -2.05. The van der Waals surface area contributed by atoms with E-state index in [1.54, 1.807) is 29.3 Å². The lowest BCUT2D eigenvalue weighted by molar-refractivity contribution is 0.0868. The molecule has 6 nitrogen and oxygen atoms in total. The van der Waals surface area contributed by atoms with Crippen molar-refractivity contribution in [1.82, 2.24) is 15.1 Å². The molecule has 0 radical (unpaired) electrons. The average molecular weight is 309 g/mol. The quantitative estimate of drug-likeness (QED) is 0.720. The molecule has 2 aromatic heterocycles. The molecule has 2 rings (SSSR count). The van der Waals surface area contributed by atoms with E-state index in [0.717, 1.165) is 4.88 Å². The number of nitrogens with zero attached hydrogens (tertiary/aromatic N) is 2. The Morgan fingerprint density at radius 3 is 3.10 bits per heavy atom. The van der Waals surface area contributed by atoms with Gasteiger partial charge < -0.3 is 15.2 Å². The Kier molecular flexibility index (Phi) is 5.91. The molecular formula is C14H19N3O3S. The molecule has 0 aliphatic carbocycles. The van der Waals surface area contributed by atoms with Crippen LogP contribution in [0.1, 0.15) is 16.8 Å². The van der Waals surface area contributed by atoms with E-state index in [9.17, 15) is 4.79 Å². The Hall–Kier alpha value is -1.70. The maximum atomic E-state index is 12.2. The molecule has 0 fully saturated rings. The average Bonchev–Trinajstić information content (AvgIpc) is 3.11. The molecule has 1 amide bonds. The predicted molar refractivity (Wildman–Crippen MR) is 81.4 cm³/mol. The summed E-state index contributed by atoms with van der Waals surface area (Å²) in [6.07, 6.45) is 2.44. The zero-order chi connectivity index (χ0) is 15.1. The van der Waals surface area contributed by atoms with Crippen molar-refractivity contribution in [2.45, 2.75) is 6.42 Å². The predicted octanol–water partition coefficient (Wildman–Crippen LogP) is 1.28. The molecule has 2 N–H and O–H groups in total. The second-order valence-corrected chi connectivity index (χ2v) is 5.44. The largest absolute Gasteiger partial charge is 0.394 e. The van der Waals surface area contributed by atoms with Crippen molar-refractivity contribution in [3.05, 3.63) is 29.3 Å². The highest BCUT2D eigenvalue weighted by Gasteiger charge is 2.17. The lowest BCUT2D eigenvalue weighted by atomic mass is 10.2. The number of carbonyl (C=O) groups is 1. The Bertz CT molecular complexity index is 566. The summed E-state index contributed by atoms with van der Waals surface area (Å²) in [6.45, 7) is 1.40. The van der Waals surface area contributed by atoms with Crippen LogP contribution < -0.4 is 5.32 Å². The summed E-state index contributed by atoms with van der Waals surface area (Å²) < 4.78 is 6.79. The third-order valence-electron chi connectivity index (χ3n) is 2.81. The van der Waals surface area contributed by atoms with Gasteiger partial charge in [-0.25, -0.2) is 0 Å². The minimum Gasteiger partial charge on any atom is -0.394 e. The van der Waals surface area contributed by atoms with Gasteiger partial charge in [-0.3, -0.25) is 9.48 Å². The van der Waals surface area contributed by atoms with Gasteiger partial charge in [0, 0.05) is 26.4 Å². The highest BCUT2D eigenvalue weighted by molar-refractivity contribution is 7.13. The monoisotopic (exact) mass is 309 g/mol. The van der Waals surface area contributed by atoms with Crippen LogP contribution in [0.3, 0.4) is 0 Å². The molecule has 0 bridgehead atoms. The molecule has 2 aromatic rings. The second kappa shape index (κ2) is 7.92. The van der Waals surface area contributed by atoms with Gasteiger partial charge in [-0.05, 0) is 17.9 Å². The summed E-state index contributed by atoms with van der Waals surface area (Å²) in [7, 11) is 1.80. The van der Waals surface area contributed by atoms with Gasteiger partial charge in [0.15, 0.2) is 0 Å². The number of aliphatic hydroxyl groups excluding tert-OH is 1. The summed E-state index contributed by atoms with van der Waals surface area (Å²) >= 11 is 1.56. The SMILES string of the molecule is Cn1cc(C(=O)NCCCOCCO)c(-c2cccs2)n1. The van der Waals surface area contributed by atoms with Gasteiger partial charge in [0.25, 0.3) is 5.91 Å². The van der Waals surface area contributed by atoms with E-state index in [4.69, 9.17) is 9.84 Å². The van der Waals surface area contributed by atoms with Crippen molar-refractivity contribution in [2.75, 3.05) is 26.4 Å². The van der Waals surface area contributed by atoms with Gasteiger partial charge >= 0.3 is 0 Å². The molecule has 114 valence electrons. The zero-order valence-electron chi connectivity index (χ0n) is 11.9. The highest BCUT2D eigenvalue weighted by Crippen LogP contribution is 2.26. The van der Waals surface area contributed by atoms with Gasteiger partial charge in [0.05, 0.1) is 23.7 Å². The molecule has 2 heterocycles. The minimum atomic E-state index is -0.131. The molecule has 0 spiro atoms. The Morgan fingerprint density at radius 1 is 1.52 bits per heavy atom. The summed E-state index contributed by atoms with van der Waals surface area (Å²) in [5.74, 6) is -0.131. The van der Waals surface area contributed by atoms with Crippen LogP contribution in [0.25, 0.3) is 10.6 Å². The molecule has 0 aromatic carbocycles. The summed E-state index contributed by atoms with van der Waals surface area (Å²) in [5, 5.41) is 17.8. The second-order valence-electron chi connectivity index (χ2n) is 4.49. The Labute approximate surface area is 127 Å². The number of aryl methyl sites for hydroxylation is 1. The third-order valence-corrected chi connectivity index (χ3v) is 3.69. The molecule has 0 saturated heterocycles. The van der Waals surface area contributed by atoms with E-state index in [-0.39, 0.29) is 12.5 Å². The Balaban J connectivity index is 1.91. The van der Waals surface area contributed by atoms with Crippen LogP contribution in [-0.2, 0) is 11.8 Å². The van der Waals surface area contributed by atoms with Crippen LogP contribution in [0.5, 0.6) is 0 Å². The standard InChI is InChI=1S/C14H19N3O3S/c1-17-10-11(13(16-17)12-4-2-9-21-12)14(19)15-5-3-7-20-8-6-18/h2,4,9-10,18H,3,5-8H2,1H3,(H,15,19). The van der Waals surface area contributed by atoms with E-state index in [2.05, 4.69) is 10.4 Å². The summed E-state index contributed by atoms with van der Waals surface area (Å²) in [6, 6.07) is 3.89. The van der Waals surface area contributed by atoms with Crippen molar-refractivity contribution in [2.24, 2.45) is 7.05 Å². The molecule has 21 heavy (non-hydrogen) atoms. The van der Waals surface area contributed by atoms with E-state index in [1.807, 2.05) is 17.5 Å². The maximum absolute atomic E-state index is 12.2. The van der Waals surface area contributed by atoms with Gasteiger partial charge in [-0.1, -0.05) is 6.07 Å². The first kappa shape index (κ1) is 15.7. The van der Waals surface area contributed by atoms with Crippen molar-refractivity contribution < 1.29 is 14.6 Å². The summed E-state index contributed by atoms with van der Waals surface area (Å²) in [5.41, 5.74) is 1.29. The number of amides is 1. The number of aliphatic hydroxyl groups is 1. The number of nitrogens with one attached hydrogen (secondary N) is 1. The summed E-state index contributed by atoms with van der Waals surface area (Å²) in [4.78, 5) is 13.2. The fourth-order valence-electron chi connectivity index (χ4n) is 1.89. The zero-order valence-corrected chi connectivity index (χ0v) is 12.7. The molecule has 0 unspecified atom stereocenters. The van der Waals surface area contributed by atoms with Gasteiger partial charge in [-0.15, -0.1) is 11.3 Å². The first-order valence-corrected chi connectivity index (χ1v) is 7.64. The van der Waals surface area contributed by atoms with E-state index in [0.29, 0.717) is 37.4 Å². The van der Waals surface area contributed by atoms with Gasteiger partial charge in [-0.2, -0.15) is 5.10 Å². The fourth-order valence-corrected chi connectivity index (χ4v) is 2.61. The van der Waals surface area contributed by atoms with Crippen LogP contribution >= 0.6 is 11.3 Å². The number of carbonyl (C=O) groups excluding carboxylic acids is 1. The van der Waals surface area contributed by atoms with Crippen LogP contribution in [0.15, 0.2) is 23.7 Å².